The third kappa shape index (κ3) is 17.7. The van der Waals surface area contributed by atoms with Gasteiger partial charge in [0.15, 0.2) is 0 Å². The van der Waals surface area contributed by atoms with E-state index in [1.54, 1.807) is 18.6 Å². The van der Waals surface area contributed by atoms with Crippen LogP contribution in [0.4, 0.5) is 0 Å². The largest absolute Gasteiger partial charge is 0.343 e. The molecule has 63 heavy (non-hydrogen) atoms. The smallest absolute Gasteiger partial charge is 0.223 e. The highest BCUT2D eigenvalue weighted by atomic mass is 16.2. The van der Waals surface area contributed by atoms with Crippen LogP contribution in [0.3, 0.4) is 0 Å². The highest BCUT2D eigenvalue weighted by molar-refractivity contribution is 5.77. The minimum absolute atomic E-state index is 0.275. The third-order valence-corrected chi connectivity index (χ3v) is 12.5. The highest BCUT2D eigenvalue weighted by Gasteiger charge is 2.42. The molecule has 4 aliphatic rings. The van der Waals surface area contributed by atoms with Crippen LogP contribution in [0.5, 0.6) is 0 Å². The number of aromatic nitrogens is 9. The molecule has 18 nitrogen and oxygen atoms in total. The maximum atomic E-state index is 12.6. The average molecular weight is 878 g/mol. The number of carbonyl (C=O) groups excluding carboxylic acids is 3. The van der Waals surface area contributed by atoms with Gasteiger partial charge in [-0.1, -0.05) is 41.5 Å². The van der Waals surface area contributed by atoms with Gasteiger partial charge in [0.2, 0.25) is 17.7 Å². The molecule has 18 heteroatoms. The summed E-state index contributed by atoms with van der Waals surface area (Å²) in [4.78, 5) is 43.1. The molecule has 2 bridgehead atoms. The van der Waals surface area contributed by atoms with Crippen molar-refractivity contribution in [2.24, 2.45) is 0 Å². The van der Waals surface area contributed by atoms with Gasteiger partial charge < -0.3 is 30.7 Å². The minimum Gasteiger partial charge on any atom is -0.343 e. The summed E-state index contributed by atoms with van der Waals surface area (Å²) in [6.45, 7) is 16.6. The first-order chi connectivity index (χ1) is 30.4. The summed E-state index contributed by atoms with van der Waals surface area (Å²) in [6, 6.07) is 4.18. The number of hydrogen-bond donors (Lipinski definition) is 6. The van der Waals surface area contributed by atoms with Gasteiger partial charge in [0, 0.05) is 93.8 Å². The number of aromatic amines is 3. The SMILES string of the molecule is CC(C)NC1CC2CCC(C1)N2C(=O)CCCc1cn[nH]n1.CC(C)NC1CCN(C(=O)CCCCc2cn[nH]n2)CC1.CC(C)NC1CCN(C(=O)CCCc2cn[nH]n2)CC1. The number of nitrogens with one attached hydrogen (secondary N) is 6. The Morgan fingerprint density at radius 1 is 0.524 bits per heavy atom. The van der Waals surface area contributed by atoms with Gasteiger partial charge in [0.25, 0.3) is 0 Å². The molecule has 2 unspecified atom stereocenters. The van der Waals surface area contributed by atoms with Gasteiger partial charge in [-0.05, 0) is 96.3 Å². The van der Waals surface area contributed by atoms with E-state index in [0.717, 1.165) is 127 Å². The fraction of sp³-hybridized carbons (Fsp3) is 0.800. The van der Waals surface area contributed by atoms with Crippen molar-refractivity contribution in [3.05, 3.63) is 35.7 Å². The molecule has 0 radical (unpaired) electrons. The average Bonchev–Trinajstić information content (AvgIpc) is 4.10. The molecule has 4 aliphatic heterocycles. The fourth-order valence-corrected chi connectivity index (χ4v) is 9.63. The normalized spacial score (nSPS) is 20.5. The molecule has 6 N–H and O–H groups in total. The Bertz CT molecular complexity index is 1670. The van der Waals surface area contributed by atoms with E-state index >= 15 is 0 Å². The third-order valence-electron chi connectivity index (χ3n) is 12.5. The molecule has 4 fully saturated rings. The van der Waals surface area contributed by atoms with Gasteiger partial charge in [0.1, 0.15) is 0 Å². The van der Waals surface area contributed by atoms with Crippen molar-refractivity contribution in [1.82, 2.24) is 76.9 Å². The number of carbonyl (C=O) groups is 3. The summed E-state index contributed by atoms with van der Waals surface area (Å²) in [5, 5.41) is 41.9. The van der Waals surface area contributed by atoms with Crippen LogP contribution in [-0.4, -0.2) is 153 Å². The fourth-order valence-electron chi connectivity index (χ4n) is 9.63. The lowest BCUT2D eigenvalue weighted by Gasteiger charge is -2.40. The second-order valence-corrected chi connectivity index (χ2v) is 18.9. The van der Waals surface area contributed by atoms with E-state index in [1.807, 2.05) is 9.80 Å². The van der Waals surface area contributed by atoms with Gasteiger partial charge >= 0.3 is 0 Å². The first kappa shape index (κ1) is 49.7. The van der Waals surface area contributed by atoms with E-state index < -0.39 is 0 Å². The number of aryl methyl sites for hydroxylation is 3. The molecule has 0 aliphatic carbocycles. The summed E-state index contributed by atoms with van der Waals surface area (Å²) in [7, 11) is 0. The van der Waals surface area contributed by atoms with Gasteiger partial charge in [0.05, 0.1) is 35.7 Å². The lowest BCUT2D eigenvalue weighted by atomic mass is 9.96. The van der Waals surface area contributed by atoms with Crippen LogP contribution in [0.25, 0.3) is 0 Å². The number of amides is 3. The summed E-state index contributed by atoms with van der Waals surface area (Å²) in [6.07, 6.45) is 22.1. The standard InChI is InChI=1S/C16H27N5O.C15H27N5O.C14H25N5O/c1-11(2)18-13-8-14-6-7-15(9-13)21(14)16(22)5-3-4-12-10-17-20-19-12;1-12(2)17-13-7-9-20(10-8-13)15(21)6-4-3-5-14-11-16-19-18-14;1-11(2)16-12-6-8-19(9-7-12)14(20)5-3-4-13-10-15-18-17-13/h10-11,13-15,18H,3-9H2,1-2H3,(H,17,19,20);11-13,17H,3-10H2,1-2H3,(H,16,18,19);10-12,16H,3-9H2,1-2H3,(H,15,17,18). The van der Waals surface area contributed by atoms with E-state index in [9.17, 15) is 14.4 Å². The highest BCUT2D eigenvalue weighted by Crippen LogP contribution is 2.36. The first-order valence-electron chi connectivity index (χ1n) is 24.1. The lowest BCUT2D eigenvalue weighted by molar-refractivity contribution is -0.136. The Morgan fingerprint density at radius 2 is 0.889 bits per heavy atom. The molecule has 0 saturated carbocycles. The molecule has 352 valence electrons. The van der Waals surface area contributed by atoms with Gasteiger partial charge in [-0.2, -0.15) is 46.2 Å². The van der Waals surface area contributed by atoms with E-state index in [0.29, 0.717) is 79.4 Å². The number of fused-ring (bicyclic) bond motifs is 2. The molecule has 3 aromatic rings. The number of unbranched alkanes of at least 4 members (excludes halogenated alkanes) is 1. The zero-order valence-electron chi connectivity index (χ0n) is 39.2. The maximum absolute atomic E-state index is 12.6. The Labute approximate surface area is 375 Å². The summed E-state index contributed by atoms with van der Waals surface area (Å²) >= 11 is 0. The van der Waals surface area contributed by atoms with Crippen molar-refractivity contribution >= 4 is 17.7 Å². The van der Waals surface area contributed by atoms with E-state index in [4.69, 9.17) is 0 Å². The van der Waals surface area contributed by atoms with Crippen molar-refractivity contribution < 1.29 is 14.4 Å². The van der Waals surface area contributed by atoms with Crippen molar-refractivity contribution in [3.63, 3.8) is 0 Å². The van der Waals surface area contributed by atoms with Crippen LogP contribution < -0.4 is 16.0 Å². The molecule has 3 aromatic heterocycles. The number of rotatable bonds is 19. The zero-order valence-corrected chi connectivity index (χ0v) is 39.2. The first-order valence-corrected chi connectivity index (χ1v) is 24.1. The Kier molecular flexibility index (Phi) is 20.9. The molecular formula is C45H79N15O3. The Hall–Kier alpha value is -4.29. The van der Waals surface area contributed by atoms with Crippen LogP contribution >= 0.6 is 0 Å². The topological polar surface area (TPSA) is 222 Å². The molecule has 7 rings (SSSR count). The Morgan fingerprint density at radius 3 is 1.27 bits per heavy atom. The quantitative estimate of drug-likeness (QED) is 0.0931. The second-order valence-electron chi connectivity index (χ2n) is 18.9. The van der Waals surface area contributed by atoms with Crippen molar-refractivity contribution in [2.45, 2.75) is 205 Å². The summed E-state index contributed by atoms with van der Waals surface area (Å²) < 4.78 is 0. The van der Waals surface area contributed by atoms with Gasteiger partial charge in [-0.25, -0.2) is 0 Å². The van der Waals surface area contributed by atoms with Gasteiger partial charge in [-0.3, -0.25) is 14.4 Å². The maximum Gasteiger partial charge on any atom is 0.223 e. The molecule has 2 atom stereocenters. The van der Waals surface area contributed by atoms with Gasteiger partial charge in [-0.15, -0.1) is 0 Å². The number of nitrogens with zero attached hydrogens (tertiary/aromatic N) is 9. The lowest BCUT2D eigenvalue weighted by Crippen LogP contribution is -2.52. The summed E-state index contributed by atoms with van der Waals surface area (Å²) in [5.41, 5.74) is 2.84. The van der Waals surface area contributed by atoms with Crippen LogP contribution in [0.1, 0.15) is 155 Å². The molecule has 7 heterocycles. The van der Waals surface area contributed by atoms with E-state index in [1.165, 1.54) is 12.8 Å². The van der Waals surface area contributed by atoms with Crippen molar-refractivity contribution in [3.8, 4) is 0 Å². The van der Waals surface area contributed by atoms with E-state index in [2.05, 4.69) is 109 Å². The van der Waals surface area contributed by atoms with Crippen LogP contribution in [0, 0.1) is 0 Å². The molecule has 4 saturated heterocycles. The molecule has 3 amide bonds. The Balaban J connectivity index is 0.000000178. The predicted octanol–water partition coefficient (Wildman–Crippen LogP) is 4.27. The zero-order chi connectivity index (χ0) is 45.0. The van der Waals surface area contributed by atoms with E-state index in [-0.39, 0.29) is 5.91 Å². The number of likely N-dealkylation sites (tertiary alicyclic amines) is 2. The summed E-state index contributed by atoms with van der Waals surface area (Å²) in [5.74, 6) is 0.911. The minimum atomic E-state index is 0.275. The molecule has 0 aromatic carbocycles. The predicted molar refractivity (Wildman–Crippen MR) is 243 cm³/mol. The van der Waals surface area contributed by atoms with Crippen LogP contribution in [-0.2, 0) is 33.6 Å². The molecular weight excluding hydrogens is 799 g/mol. The van der Waals surface area contributed by atoms with Crippen molar-refractivity contribution in [2.75, 3.05) is 26.2 Å². The second kappa shape index (κ2) is 26.5. The number of H-pyrrole nitrogens is 3. The molecule has 0 spiro atoms. The van der Waals surface area contributed by atoms with Crippen molar-refractivity contribution in [1.29, 1.82) is 0 Å². The number of hydrogen-bond acceptors (Lipinski definition) is 12. The monoisotopic (exact) mass is 878 g/mol. The number of piperidine rings is 3. The van der Waals surface area contributed by atoms with Crippen LogP contribution in [0.2, 0.25) is 0 Å². The van der Waals surface area contributed by atoms with Crippen LogP contribution in [0.15, 0.2) is 18.6 Å².